The molecule has 1 unspecified atom stereocenters. The van der Waals surface area contributed by atoms with Crippen molar-refractivity contribution in [3.8, 4) is 11.5 Å². The van der Waals surface area contributed by atoms with E-state index < -0.39 is 42.2 Å². The molecule has 1 amide bonds. The summed E-state index contributed by atoms with van der Waals surface area (Å²) in [4.78, 5) is 14.3. The van der Waals surface area contributed by atoms with Gasteiger partial charge >= 0.3 is 18.2 Å². The quantitative estimate of drug-likeness (QED) is 0.0450. The first-order valence-corrected chi connectivity index (χ1v) is 19.9. The highest BCUT2D eigenvalue weighted by Gasteiger charge is 2.56. The Morgan fingerprint density at radius 3 is 1.89 bits per heavy atom. The predicted octanol–water partition coefficient (Wildman–Crippen LogP) is 11.1. The molecule has 1 atom stereocenters. The number of alkyl halides is 5. The Kier molecular flexibility index (Phi) is 18.5. The summed E-state index contributed by atoms with van der Waals surface area (Å²) >= 11 is -1.41. The summed E-state index contributed by atoms with van der Waals surface area (Å²) in [6.45, 7) is 5.32. The maximum atomic E-state index is 13.0. The number of halogens is 5. The van der Waals surface area contributed by atoms with Gasteiger partial charge in [0.15, 0.2) is 0 Å². The van der Waals surface area contributed by atoms with Gasteiger partial charge < -0.3 is 24.0 Å². The fraction of sp³-hybridized carbons (Fsp3) is 0.488. The highest BCUT2D eigenvalue weighted by molar-refractivity contribution is 7.91. The minimum absolute atomic E-state index is 0.157. The molecular weight excluding hydrogens is 714 g/mol. The molecular formula is C41H52F5NO5S. The Bertz CT molecular complexity index is 1520. The molecule has 292 valence electrons. The molecule has 0 aliphatic rings. The number of ether oxygens (including phenoxy) is 2. The van der Waals surface area contributed by atoms with Crippen molar-refractivity contribution in [3.05, 3.63) is 95.6 Å². The van der Waals surface area contributed by atoms with Crippen LogP contribution in [0, 0.1) is 0 Å². The number of carbonyl (C=O) groups excluding carboxylic acids is 1. The van der Waals surface area contributed by atoms with Crippen LogP contribution in [0.25, 0.3) is 11.1 Å². The van der Waals surface area contributed by atoms with Gasteiger partial charge in [0.05, 0.1) is 13.2 Å². The molecule has 0 saturated carbocycles. The molecule has 6 nitrogen and oxygen atoms in total. The molecule has 3 rings (SSSR count). The van der Waals surface area contributed by atoms with Gasteiger partial charge in [0.2, 0.25) is 0 Å². The number of phenols is 1. The number of aromatic hydroxyl groups is 1. The van der Waals surface area contributed by atoms with E-state index in [0.29, 0.717) is 31.0 Å². The second-order valence-electron chi connectivity index (χ2n) is 12.8. The summed E-state index contributed by atoms with van der Waals surface area (Å²) in [5, 5.41) is 9.91. The van der Waals surface area contributed by atoms with Gasteiger partial charge in [0, 0.05) is 13.0 Å². The smallest absolute Gasteiger partial charge is 0.453 e. The first kappa shape index (κ1) is 43.6. The van der Waals surface area contributed by atoms with Crippen LogP contribution < -0.4 is 4.74 Å². The lowest BCUT2D eigenvalue weighted by molar-refractivity contribution is -0.284. The van der Waals surface area contributed by atoms with Crippen molar-refractivity contribution < 1.29 is 45.9 Å². The molecule has 0 fully saturated rings. The Hall–Kier alpha value is -3.77. The van der Waals surface area contributed by atoms with Gasteiger partial charge in [0.1, 0.15) is 29.6 Å². The topological polar surface area (TPSA) is 82.1 Å². The van der Waals surface area contributed by atoms with Gasteiger partial charge in [-0.15, -0.1) is 0 Å². The Balaban J connectivity index is 1.43. The van der Waals surface area contributed by atoms with Gasteiger partial charge in [0.25, 0.3) is 0 Å². The van der Waals surface area contributed by atoms with E-state index in [0.717, 1.165) is 67.2 Å². The second-order valence-corrected chi connectivity index (χ2v) is 14.5. The number of carbonyl (C=O) groups is 1. The van der Waals surface area contributed by atoms with E-state index in [1.165, 1.54) is 5.57 Å². The van der Waals surface area contributed by atoms with E-state index in [1.807, 2.05) is 54.6 Å². The van der Waals surface area contributed by atoms with E-state index in [9.17, 15) is 36.4 Å². The minimum Gasteiger partial charge on any atom is -0.616 e. The summed E-state index contributed by atoms with van der Waals surface area (Å²) in [7, 11) is 0. The molecule has 0 spiro atoms. The van der Waals surface area contributed by atoms with Gasteiger partial charge in [-0.25, -0.2) is 4.79 Å². The highest BCUT2D eigenvalue weighted by Crippen LogP contribution is 2.39. The molecule has 0 aromatic heterocycles. The zero-order valence-corrected chi connectivity index (χ0v) is 31.5. The fourth-order valence-electron chi connectivity index (χ4n) is 5.96. The third-order valence-corrected chi connectivity index (χ3v) is 10.3. The maximum Gasteiger partial charge on any atom is 0.453 e. The fourth-order valence-corrected chi connectivity index (χ4v) is 7.15. The Morgan fingerprint density at radius 1 is 0.736 bits per heavy atom. The van der Waals surface area contributed by atoms with Crippen LogP contribution in [0.5, 0.6) is 11.5 Å². The van der Waals surface area contributed by atoms with Crippen molar-refractivity contribution in [2.75, 3.05) is 37.8 Å². The van der Waals surface area contributed by atoms with Crippen LogP contribution in [-0.2, 0) is 15.9 Å². The zero-order chi connectivity index (χ0) is 38.7. The monoisotopic (exact) mass is 765 g/mol. The first-order valence-electron chi connectivity index (χ1n) is 18.4. The van der Waals surface area contributed by atoms with Crippen molar-refractivity contribution in [1.29, 1.82) is 0 Å². The van der Waals surface area contributed by atoms with E-state index in [2.05, 4.69) is 19.1 Å². The van der Waals surface area contributed by atoms with Crippen molar-refractivity contribution in [2.45, 2.75) is 90.2 Å². The summed E-state index contributed by atoms with van der Waals surface area (Å²) in [5.41, 5.74) is 5.39. The number of amides is 1. The standard InChI is InChI=1S/C41H52F5NO5S/c1-3-37(32-16-11-10-12-17-32)38(33-18-22-35(48)23-19-33)34-20-24-36(25-21-34)52-29-28-47(39(49)51-4-2)27-13-8-6-5-7-9-14-30-53(50)31-15-26-40(42,43)41(44,45)46/h10-12,16-25,48H,3-9,13-15,26-31H2,1-2H3/b38-37-. The minimum atomic E-state index is -5.57. The molecule has 0 heterocycles. The maximum absolute atomic E-state index is 13.0. The van der Waals surface area contributed by atoms with Crippen LogP contribution in [0.4, 0.5) is 26.7 Å². The molecule has 0 radical (unpaired) electrons. The first-order chi connectivity index (χ1) is 25.4. The highest BCUT2D eigenvalue weighted by atomic mass is 32.2. The lowest BCUT2D eigenvalue weighted by atomic mass is 9.88. The van der Waals surface area contributed by atoms with Crippen molar-refractivity contribution >= 4 is 28.4 Å². The largest absolute Gasteiger partial charge is 0.616 e. The Labute approximate surface area is 313 Å². The molecule has 3 aromatic carbocycles. The van der Waals surface area contributed by atoms with E-state index in [1.54, 1.807) is 24.0 Å². The third-order valence-electron chi connectivity index (χ3n) is 8.81. The average molecular weight is 766 g/mol. The van der Waals surface area contributed by atoms with Crippen molar-refractivity contribution in [1.82, 2.24) is 4.90 Å². The molecule has 1 N–H and O–H groups in total. The van der Waals surface area contributed by atoms with E-state index in [4.69, 9.17) is 9.47 Å². The molecule has 0 aliphatic carbocycles. The lowest BCUT2D eigenvalue weighted by Gasteiger charge is -2.22. The van der Waals surface area contributed by atoms with Gasteiger partial charge in [-0.2, -0.15) is 22.0 Å². The number of unbranched alkanes of at least 4 members (excludes halogenated alkanes) is 6. The molecule has 53 heavy (non-hydrogen) atoms. The van der Waals surface area contributed by atoms with Crippen LogP contribution in [0.3, 0.4) is 0 Å². The molecule has 0 bridgehead atoms. The van der Waals surface area contributed by atoms with E-state index >= 15 is 0 Å². The predicted molar refractivity (Wildman–Crippen MR) is 202 cm³/mol. The summed E-state index contributed by atoms with van der Waals surface area (Å²) in [5.74, 6) is -3.73. The Morgan fingerprint density at radius 2 is 1.30 bits per heavy atom. The van der Waals surface area contributed by atoms with Crippen LogP contribution in [0.2, 0.25) is 0 Å². The summed E-state index contributed by atoms with van der Waals surface area (Å²) < 4.78 is 86.0. The van der Waals surface area contributed by atoms with Crippen LogP contribution >= 0.6 is 0 Å². The SMILES string of the molecule is CCOC(=O)N(CCCCCCCCC[S+]([O-])CCCC(F)(F)C(F)(F)F)CCOc1ccc(/C(=C(/CC)c2ccccc2)c2ccc(O)cc2)cc1. The number of rotatable bonds is 23. The average Bonchev–Trinajstić information content (AvgIpc) is 3.13. The molecule has 3 aromatic rings. The van der Waals surface area contributed by atoms with E-state index in [-0.39, 0.29) is 24.7 Å². The number of nitrogens with zero attached hydrogens (tertiary/aromatic N) is 1. The van der Waals surface area contributed by atoms with Crippen molar-refractivity contribution in [2.24, 2.45) is 0 Å². The van der Waals surface area contributed by atoms with Crippen LogP contribution in [-0.4, -0.2) is 70.6 Å². The lowest BCUT2D eigenvalue weighted by Crippen LogP contribution is -2.36. The second kappa shape index (κ2) is 22.4. The summed E-state index contributed by atoms with van der Waals surface area (Å²) in [6, 6.07) is 25.3. The third kappa shape index (κ3) is 14.9. The molecule has 0 saturated heterocycles. The number of benzene rings is 3. The van der Waals surface area contributed by atoms with Gasteiger partial charge in [-0.3, -0.25) is 0 Å². The zero-order valence-electron chi connectivity index (χ0n) is 30.6. The van der Waals surface area contributed by atoms with Crippen LogP contribution in [0.15, 0.2) is 78.9 Å². The number of phenolic OH excluding ortho intramolecular Hbond substituents is 1. The normalized spacial score (nSPS) is 13.0. The summed E-state index contributed by atoms with van der Waals surface area (Å²) in [6.07, 6.45) is -1.02. The van der Waals surface area contributed by atoms with Gasteiger partial charge in [-0.05, 0) is 91.1 Å². The molecule has 12 heteroatoms. The number of hydrogen-bond donors (Lipinski definition) is 1. The molecule has 0 aliphatic heterocycles. The van der Waals surface area contributed by atoms with Crippen LogP contribution in [0.1, 0.15) is 94.7 Å². The number of allylic oxidation sites excluding steroid dienone is 1. The van der Waals surface area contributed by atoms with Gasteiger partial charge in [-0.1, -0.05) is 98.4 Å². The number of hydrogen-bond acceptors (Lipinski definition) is 5. The van der Waals surface area contributed by atoms with Crippen molar-refractivity contribution in [3.63, 3.8) is 0 Å².